The minimum Gasteiger partial charge on any atom is -0.438 e. The molecule has 3 aromatic rings. The Labute approximate surface area is 145 Å². The maximum absolute atomic E-state index is 12.1. The molecular weight excluding hydrogens is 316 g/mol. The van der Waals surface area contributed by atoms with Crippen LogP contribution in [0.25, 0.3) is 0 Å². The second-order valence-corrected chi connectivity index (χ2v) is 5.18. The second kappa shape index (κ2) is 7.92. The van der Waals surface area contributed by atoms with Crippen molar-refractivity contribution in [2.24, 2.45) is 0 Å². The fraction of sp³-hybridized carbons (Fsp3) is 0.105. The van der Waals surface area contributed by atoms with Crippen LogP contribution in [-0.2, 0) is 0 Å². The van der Waals surface area contributed by atoms with Crippen molar-refractivity contribution >= 4 is 17.4 Å². The summed E-state index contributed by atoms with van der Waals surface area (Å²) in [5, 5.41) is 5.94. The number of pyridine rings is 2. The Hall–Kier alpha value is -3.41. The molecule has 0 spiro atoms. The van der Waals surface area contributed by atoms with Crippen molar-refractivity contribution in [3.63, 3.8) is 0 Å². The van der Waals surface area contributed by atoms with Crippen LogP contribution < -0.4 is 15.4 Å². The zero-order chi connectivity index (χ0) is 17.5. The molecule has 1 amide bonds. The van der Waals surface area contributed by atoms with Crippen molar-refractivity contribution < 1.29 is 9.53 Å². The molecule has 0 radical (unpaired) electrons. The van der Waals surface area contributed by atoms with E-state index in [4.69, 9.17) is 4.74 Å². The average molecular weight is 334 g/mol. The van der Waals surface area contributed by atoms with E-state index in [0.29, 0.717) is 17.9 Å². The molecule has 0 aliphatic heterocycles. The number of carbonyl (C=O) groups is 1. The van der Waals surface area contributed by atoms with E-state index in [-0.39, 0.29) is 11.8 Å². The molecule has 6 heteroatoms. The Morgan fingerprint density at radius 2 is 1.80 bits per heavy atom. The van der Waals surface area contributed by atoms with Gasteiger partial charge in [0.05, 0.1) is 0 Å². The van der Waals surface area contributed by atoms with Gasteiger partial charge in [0.25, 0.3) is 5.91 Å². The van der Waals surface area contributed by atoms with Gasteiger partial charge in [-0.2, -0.15) is 0 Å². The SMILES string of the molecule is CCNC(=O)c1cccnc1Oc1ccc(Nc2ccccn2)cc1. The number of nitrogens with zero attached hydrogens (tertiary/aromatic N) is 2. The first kappa shape index (κ1) is 16.4. The first-order chi connectivity index (χ1) is 12.3. The Morgan fingerprint density at radius 1 is 1.00 bits per heavy atom. The predicted molar refractivity (Wildman–Crippen MR) is 96.3 cm³/mol. The summed E-state index contributed by atoms with van der Waals surface area (Å²) in [5.41, 5.74) is 1.29. The van der Waals surface area contributed by atoms with Crippen LogP contribution in [0.3, 0.4) is 0 Å². The molecule has 0 saturated carbocycles. The van der Waals surface area contributed by atoms with Gasteiger partial charge < -0.3 is 15.4 Å². The molecule has 0 atom stereocenters. The molecule has 2 N–H and O–H groups in total. The van der Waals surface area contributed by atoms with Gasteiger partial charge in [-0.3, -0.25) is 4.79 Å². The molecule has 3 rings (SSSR count). The summed E-state index contributed by atoms with van der Waals surface area (Å²) in [4.78, 5) is 20.4. The zero-order valence-electron chi connectivity index (χ0n) is 13.8. The van der Waals surface area contributed by atoms with Crippen LogP contribution in [0.2, 0.25) is 0 Å². The lowest BCUT2D eigenvalue weighted by Gasteiger charge is -2.10. The number of ether oxygens (including phenoxy) is 1. The monoisotopic (exact) mass is 334 g/mol. The average Bonchev–Trinajstić information content (AvgIpc) is 2.65. The highest BCUT2D eigenvalue weighted by Crippen LogP contribution is 2.25. The summed E-state index contributed by atoms with van der Waals surface area (Å²) in [7, 11) is 0. The van der Waals surface area contributed by atoms with E-state index in [9.17, 15) is 4.79 Å². The van der Waals surface area contributed by atoms with Crippen LogP contribution in [0.15, 0.2) is 67.0 Å². The Morgan fingerprint density at radius 3 is 2.52 bits per heavy atom. The fourth-order valence-corrected chi connectivity index (χ4v) is 2.20. The maximum atomic E-state index is 12.1. The van der Waals surface area contributed by atoms with Gasteiger partial charge in [0, 0.05) is 24.6 Å². The van der Waals surface area contributed by atoms with Crippen LogP contribution in [0, 0.1) is 0 Å². The van der Waals surface area contributed by atoms with Gasteiger partial charge in [0.1, 0.15) is 17.1 Å². The van der Waals surface area contributed by atoms with Crippen molar-refractivity contribution in [1.82, 2.24) is 15.3 Å². The third-order valence-electron chi connectivity index (χ3n) is 3.36. The van der Waals surface area contributed by atoms with Crippen molar-refractivity contribution in [1.29, 1.82) is 0 Å². The largest absolute Gasteiger partial charge is 0.438 e. The quantitative estimate of drug-likeness (QED) is 0.718. The third-order valence-corrected chi connectivity index (χ3v) is 3.36. The van der Waals surface area contributed by atoms with Gasteiger partial charge in [0.15, 0.2) is 0 Å². The molecule has 2 heterocycles. The molecular formula is C19H18N4O2. The summed E-state index contributed by atoms with van der Waals surface area (Å²) in [6, 6.07) is 16.4. The number of aromatic nitrogens is 2. The van der Waals surface area contributed by atoms with E-state index < -0.39 is 0 Å². The van der Waals surface area contributed by atoms with Gasteiger partial charge in [-0.1, -0.05) is 6.07 Å². The number of hydrogen-bond donors (Lipinski definition) is 2. The molecule has 0 aliphatic carbocycles. The molecule has 0 bridgehead atoms. The Kier molecular flexibility index (Phi) is 5.21. The highest BCUT2D eigenvalue weighted by molar-refractivity contribution is 5.96. The minimum atomic E-state index is -0.209. The van der Waals surface area contributed by atoms with Crippen molar-refractivity contribution in [2.75, 3.05) is 11.9 Å². The normalized spacial score (nSPS) is 10.1. The van der Waals surface area contributed by atoms with Crippen molar-refractivity contribution in [2.45, 2.75) is 6.92 Å². The molecule has 0 saturated heterocycles. The van der Waals surface area contributed by atoms with Crippen LogP contribution in [0.1, 0.15) is 17.3 Å². The van der Waals surface area contributed by atoms with Crippen LogP contribution in [0.4, 0.5) is 11.5 Å². The summed E-state index contributed by atoms with van der Waals surface area (Å²) in [5.74, 6) is 1.42. The maximum Gasteiger partial charge on any atom is 0.256 e. The van der Waals surface area contributed by atoms with Gasteiger partial charge in [-0.15, -0.1) is 0 Å². The standard InChI is InChI=1S/C19H18N4O2/c1-2-20-18(24)16-6-5-13-22-19(16)25-15-10-8-14(9-11-15)23-17-7-3-4-12-21-17/h3-13H,2H2,1H3,(H,20,24)(H,21,23). The molecule has 1 aromatic carbocycles. The lowest BCUT2D eigenvalue weighted by atomic mass is 10.2. The van der Waals surface area contributed by atoms with E-state index in [1.54, 1.807) is 24.5 Å². The number of nitrogens with one attached hydrogen (secondary N) is 2. The van der Waals surface area contributed by atoms with Crippen molar-refractivity contribution in [3.8, 4) is 11.6 Å². The van der Waals surface area contributed by atoms with E-state index in [1.807, 2.05) is 49.4 Å². The highest BCUT2D eigenvalue weighted by atomic mass is 16.5. The zero-order valence-corrected chi connectivity index (χ0v) is 13.8. The highest BCUT2D eigenvalue weighted by Gasteiger charge is 2.13. The number of hydrogen-bond acceptors (Lipinski definition) is 5. The van der Waals surface area contributed by atoms with Gasteiger partial charge in [-0.05, 0) is 55.5 Å². The van der Waals surface area contributed by atoms with Crippen LogP contribution in [-0.4, -0.2) is 22.4 Å². The van der Waals surface area contributed by atoms with Crippen LogP contribution in [0.5, 0.6) is 11.6 Å². The summed E-state index contributed by atoms with van der Waals surface area (Å²) >= 11 is 0. The lowest BCUT2D eigenvalue weighted by Crippen LogP contribution is -2.23. The molecule has 0 aliphatic rings. The Balaban J connectivity index is 1.73. The Bertz CT molecular complexity index is 836. The number of carbonyl (C=O) groups excluding carboxylic acids is 1. The first-order valence-electron chi connectivity index (χ1n) is 7.95. The van der Waals surface area contributed by atoms with Gasteiger partial charge in [-0.25, -0.2) is 9.97 Å². The number of amides is 1. The fourth-order valence-electron chi connectivity index (χ4n) is 2.20. The molecule has 2 aromatic heterocycles. The second-order valence-electron chi connectivity index (χ2n) is 5.18. The summed E-state index contributed by atoms with van der Waals surface area (Å²) in [6.07, 6.45) is 3.32. The van der Waals surface area contributed by atoms with E-state index in [2.05, 4.69) is 20.6 Å². The minimum absolute atomic E-state index is 0.209. The van der Waals surface area contributed by atoms with E-state index >= 15 is 0 Å². The summed E-state index contributed by atoms with van der Waals surface area (Å²) < 4.78 is 5.77. The van der Waals surface area contributed by atoms with E-state index in [1.165, 1.54) is 0 Å². The number of benzene rings is 1. The molecule has 126 valence electrons. The topological polar surface area (TPSA) is 76.1 Å². The molecule has 25 heavy (non-hydrogen) atoms. The van der Waals surface area contributed by atoms with E-state index in [0.717, 1.165) is 11.5 Å². The number of rotatable bonds is 6. The smallest absolute Gasteiger partial charge is 0.256 e. The predicted octanol–water partition coefficient (Wildman–Crippen LogP) is 3.76. The third kappa shape index (κ3) is 4.32. The lowest BCUT2D eigenvalue weighted by molar-refractivity contribution is 0.0953. The van der Waals surface area contributed by atoms with Crippen molar-refractivity contribution in [3.05, 3.63) is 72.6 Å². The first-order valence-corrected chi connectivity index (χ1v) is 7.95. The van der Waals surface area contributed by atoms with Crippen LogP contribution >= 0.6 is 0 Å². The van der Waals surface area contributed by atoms with Gasteiger partial charge in [0.2, 0.25) is 5.88 Å². The summed E-state index contributed by atoms with van der Waals surface area (Å²) in [6.45, 7) is 2.41. The molecule has 0 unspecified atom stereocenters. The number of anilines is 2. The molecule has 6 nitrogen and oxygen atoms in total. The molecule has 0 fully saturated rings. The van der Waals surface area contributed by atoms with Gasteiger partial charge >= 0.3 is 0 Å².